The fourth-order valence-corrected chi connectivity index (χ4v) is 4.20. The van der Waals surface area contributed by atoms with Crippen molar-refractivity contribution >= 4 is 5.91 Å². The Balaban J connectivity index is 1.46. The van der Waals surface area contributed by atoms with Gasteiger partial charge >= 0.3 is 0 Å². The number of carbonyl (C=O) groups excluding carboxylic acids is 1. The van der Waals surface area contributed by atoms with E-state index in [0.29, 0.717) is 17.8 Å². The number of amides is 1. The number of carbonyl (C=O) groups is 1. The highest BCUT2D eigenvalue weighted by atomic mass is 16.1. The number of nitrogens with two attached hydrogens (primary N) is 1. The van der Waals surface area contributed by atoms with Crippen LogP contribution in [0, 0.1) is 17.8 Å². The van der Waals surface area contributed by atoms with Gasteiger partial charge in [-0.2, -0.15) is 0 Å². The Morgan fingerprint density at radius 2 is 2.00 bits per heavy atom. The molecule has 2 saturated carbocycles. The van der Waals surface area contributed by atoms with E-state index < -0.39 is 0 Å². The van der Waals surface area contributed by atoms with Crippen molar-refractivity contribution < 1.29 is 4.79 Å². The second kappa shape index (κ2) is 6.18. The molecule has 21 heavy (non-hydrogen) atoms. The van der Waals surface area contributed by atoms with Gasteiger partial charge in [0.2, 0.25) is 5.91 Å². The van der Waals surface area contributed by atoms with Crippen molar-refractivity contribution in [2.75, 3.05) is 6.54 Å². The summed E-state index contributed by atoms with van der Waals surface area (Å²) in [5.41, 5.74) is 7.56. The second-order valence-electron chi connectivity index (χ2n) is 6.83. The van der Waals surface area contributed by atoms with E-state index in [9.17, 15) is 4.79 Å². The van der Waals surface area contributed by atoms with E-state index in [1.165, 1.54) is 24.8 Å². The van der Waals surface area contributed by atoms with Crippen molar-refractivity contribution in [1.29, 1.82) is 0 Å². The first-order valence-electron chi connectivity index (χ1n) is 8.25. The van der Waals surface area contributed by atoms with Crippen LogP contribution in [0.1, 0.15) is 44.1 Å². The molecule has 3 nitrogen and oxygen atoms in total. The molecule has 0 heterocycles. The van der Waals surface area contributed by atoms with E-state index in [1.807, 2.05) is 6.07 Å². The van der Waals surface area contributed by atoms with Crippen LogP contribution in [0.4, 0.5) is 0 Å². The zero-order valence-corrected chi connectivity index (χ0v) is 12.8. The van der Waals surface area contributed by atoms with Crippen molar-refractivity contribution in [3.63, 3.8) is 0 Å². The summed E-state index contributed by atoms with van der Waals surface area (Å²) in [6.45, 7) is 2.96. The topological polar surface area (TPSA) is 55.1 Å². The number of fused-ring (bicyclic) bond motifs is 2. The van der Waals surface area contributed by atoms with Gasteiger partial charge in [-0.1, -0.05) is 37.3 Å². The van der Waals surface area contributed by atoms with Gasteiger partial charge in [-0.15, -0.1) is 0 Å². The first-order valence-corrected chi connectivity index (χ1v) is 8.25. The van der Waals surface area contributed by atoms with Gasteiger partial charge in [-0.3, -0.25) is 4.79 Å². The fourth-order valence-electron chi connectivity index (χ4n) is 4.20. The van der Waals surface area contributed by atoms with Crippen LogP contribution in [0.5, 0.6) is 0 Å². The fraction of sp³-hybridized carbons (Fsp3) is 0.611. The lowest BCUT2D eigenvalue weighted by Crippen LogP contribution is -2.45. The van der Waals surface area contributed by atoms with E-state index in [2.05, 4.69) is 36.5 Å². The quantitative estimate of drug-likeness (QED) is 0.874. The van der Waals surface area contributed by atoms with Crippen LogP contribution in [0.25, 0.3) is 0 Å². The number of hydrogen-bond acceptors (Lipinski definition) is 2. The van der Waals surface area contributed by atoms with Crippen LogP contribution in [0.2, 0.25) is 0 Å². The Hall–Kier alpha value is -1.35. The van der Waals surface area contributed by atoms with Gasteiger partial charge in [0.05, 0.1) is 5.92 Å². The smallest absolute Gasteiger partial charge is 0.224 e. The largest absolute Gasteiger partial charge is 0.356 e. The summed E-state index contributed by atoms with van der Waals surface area (Å²) in [5, 5.41) is 3.12. The predicted molar refractivity (Wildman–Crippen MR) is 84.8 cm³/mol. The minimum atomic E-state index is 0.0655. The van der Waals surface area contributed by atoms with E-state index >= 15 is 0 Å². The molecule has 2 aliphatic carbocycles. The third-order valence-electron chi connectivity index (χ3n) is 5.53. The molecule has 2 fully saturated rings. The van der Waals surface area contributed by atoms with Crippen molar-refractivity contribution in [3.05, 3.63) is 35.9 Å². The van der Waals surface area contributed by atoms with Gasteiger partial charge in [0.1, 0.15) is 0 Å². The zero-order chi connectivity index (χ0) is 14.8. The van der Waals surface area contributed by atoms with Crippen LogP contribution >= 0.6 is 0 Å². The molecule has 114 valence electrons. The summed E-state index contributed by atoms with van der Waals surface area (Å²) in [6, 6.07) is 10.6. The first-order chi connectivity index (χ1) is 10.2. The summed E-state index contributed by atoms with van der Waals surface area (Å²) in [5.74, 6) is 1.86. The monoisotopic (exact) mass is 286 g/mol. The molecule has 1 aromatic carbocycles. The maximum Gasteiger partial charge on any atom is 0.224 e. The van der Waals surface area contributed by atoms with Crippen LogP contribution in [0.15, 0.2) is 30.3 Å². The van der Waals surface area contributed by atoms with Crippen LogP contribution < -0.4 is 11.1 Å². The van der Waals surface area contributed by atoms with E-state index in [4.69, 9.17) is 5.73 Å². The van der Waals surface area contributed by atoms with E-state index in [1.54, 1.807) is 0 Å². The lowest BCUT2D eigenvalue weighted by molar-refractivity contribution is -0.127. The minimum absolute atomic E-state index is 0.0655. The molecule has 1 amide bonds. The van der Waals surface area contributed by atoms with Gasteiger partial charge in [0.25, 0.3) is 0 Å². The molecular weight excluding hydrogens is 260 g/mol. The average molecular weight is 286 g/mol. The number of benzene rings is 1. The van der Waals surface area contributed by atoms with E-state index in [-0.39, 0.29) is 17.9 Å². The number of nitrogens with one attached hydrogen (secondary N) is 1. The van der Waals surface area contributed by atoms with Crippen molar-refractivity contribution in [2.24, 2.45) is 23.5 Å². The standard InChI is InChI=1S/C18H26N2O/c1-12(13-5-3-2-4-6-13)9-10-20-18(21)16-14-7-8-15(11-14)17(16)19/h2-6,12,14-17H,7-11,19H2,1H3,(H,20,21). The molecule has 2 aliphatic rings. The lowest BCUT2D eigenvalue weighted by Gasteiger charge is -2.27. The molecule has 2 bridgehead atoms. The van der Waals surface area contributed by atoms with Crippen LogP contribution in [-0.4, -0.2) is 18.5 Å². The molecule has 3 heteroatoms. The summed E-state index contributed by atoms with van der Waals surface area (Å²) in [7, 11) is 0. The Morgan fingerprint density at radius 1 is 1.29 bits per heavy atom. The van der Waals surface area contributed by atoms with Gasteiger partial charge < -0.3 is 11.1 Å². The molecule has 0 aliphatic heterocycles. The maximum absolute atomic E-state index is 12.4. The molecule has 5 unspecified atom stereocenters. The van der Waals surface area contributed by atoms with Gasteiger partial charge in [0.15, 0.2) is 0 Å². The van der Waals surface area contributed by atoms with Crippen LogP contribution in [0.3, 0.4) is 0 Å². The Kier molecular flexibility index (Phi) is 4.29. The molecule has 1 aromatic rings. The summed E-state index contributed by atoms with van der Waals surface area (Å²) < 4.78 is 0. The second-order valence-corrected chi connectivity index (χ2v) is 6.83. The molecule has 0 spiro atoms. The van der Waals surface area contributed by atoms with Gasteiger partial charge in [-0.25, -0.2) is 0 Å². The Labute approximate surface area is 127 Å². The molecular formula is C18H26N2O. The molecule has 3 N–H and O–H groups in total. The van der Waals surface area contributed by atoms with Gasteiger partial charge in [-0.05, 0) is 49.0 Å². The molecule has 3 rings (SSSR count). The SMILES string of the molecule is CC(CCNC(=O)C1C2CCC(C2)C1N)c1ccccc1. The zero-order valence-electron chi connectivity index (χ0n) is 12.8. The highest BCUT2D eigenvalue weighted by Crippen LogP contribution is 2.47. The van der Waals surface area contributed by atoms with Gasteiger partial charge in [0, 0.05) is 12.6 Å². The summed E-state index contributed by atoms with van der Waals surface area (Å²) in [6.07, 6.45) is 4.56. The number of hydrogen-bond donors (Lipinski definition) is 2. The van der Waals surface area contributed by atoms with Crippen molar-refractivity contribution in [3.8, 4) is 0 Å². The first kappa shape index (κ1) is 14.6. The van der Waals surface area contributed by atoms with Crippen molar-refractivity contribution in [2.45, 2.75) is 44.6 Å². The van der Waals surface area contributed by atoms with E-state index in [0.717, 1.165) is 13.0 Å². The normalized spacial score (nSPS) is 32.1. The Bertz CT molecular complexity index is 485. The molecule has 5 atom stereocenters. The van der Waals surface area contributed by atoms with Crippen molar-refractivity contribution in [1.82, 2.24) is 5.32 Å². The molecule has 0 radical (unpaired) electrons. The molecule has 0 aromatic heterocycles. The molecule has 0 saturated heterocycles. The maximum atomic E-state index is 12.4. The summed E-state index contributed by atoms with van der Waals surface area (Å²) in [4.78, 5) is 12.4. The highest BCUT2D eigenvalue weighted by Gasteiger charge is 2.48. The highest BCUT2D eigenvalue weighted by molar-refractivity contribution is 5.80. The summed E-state index contributed by atoms with van der Waals surface area (Å²) >= 11 is 0. The lowest BCUT2D eigenvalue weighted by atomic mass is 9.84. The third-order valence-corrected chi connectivity index (χ3v) is 5.53. The average Bonchev–Trinajstić information content (AvgIpc) is 3.08. The van der Waals surface area contributed by atoms with Crippen LogP contribution in [-0.2, 0) is 4.79 Å². The predicted octanol–water partition coefficient (Wildman–Crippen LogP) is 2.67. The number of rotatable bonds is 5. The Morgan fingerprint density at radius 3 is 2.67 bits per heavy atom. The minimum Gasteiger partial charge on any atom is -0.356 e. The third kappa shape index (κ3) is 2.98.